The number of anilines is 3. The molecule has 0 spiro atoms. The first-order valence-corrected chi connectivity index (χ1v) is 10.5. The summed E-state index contributed by atoms with van der Waals surface area (Å²) in [5, 5.41) is 8.15. The van der Waals surface area contributed by atoms with Crippen molar-refractivity contribution in [2.75, 3.05) is 35.6 Å². The summed E-state index contributed by atoms with van der Waals surface area (Å²) in [6, 6.07) is 7.62. The number of nitrogens with one attached hydrogen (secondary N) is 3. The van der Waals surface area contributed by atoms with Gasteiger partial charge in [0.15, 0.2) is 0 Å². The maximum Gasteiger partial charge on any atom is 0.238 e. The number of likely N-dealkylation sites (N-methyl/N-ethyl adjacent to an activating group) is 1. The summed E-state index contributed by atoms with van der Waals surface area (Å²) in [5.41, 5.74) is 2.73. The third kappa shape index (κ3) is 5.92. The quantitative estimate of drug-likeness (QED) is 0.525. The number of carbonyl (C=O) groups is 2. The van der Waals surface area contributed by atoms with Crippen molar-refractivity contribution in [2.24, 2.45) is 0 Å². The molecule has 3 rings (SSSR count). The van der Waals surface area contributed by atoms with Gasteiger partial charge in [0.2, 0.25) is 11.8 Å². The maximum absolute atomic E-state index is 13.6. The van der Waals surface area contributed by atoms with Crippen molar-refractivity contribution in [1.82, 2.24) is 4.90 Å². The summed E-state index contributed by atoms with van der Waals surface area (Å²) in [4.78, 5) is 26.0. The van der Waals surface area contributed by atoms with E-state index in [1.54, 1.807) is 12.1 Å². The number of carbonyl (C=O) groups excluding carboxylic acids is 2. The highest BCUT2D eigenvalue weighted by atomic mass is 35.5. The van der Waals surface area contributed by atoms with Crippen LogP contribution >= 0.6 is 11.6 Å². The smallest absolute Gasteiger partial charge is 0.238 e. The molecule has 2 amide bonds. The highest BCUT2D eigenvalue weighted by Crippen LogP contribution is 2.26. The van der Waals surface area contributed by atoms with Crippen LogP contribution in [0.4, 0.5) is 25.8 Å². The zero-order valence-electron chi connectivity index (χ0n) is 17.4. The minimum atomic E-state index is -0.826. The Bertz CT molecular complexity index is 963. The zero-order valence-corrected chi connectivity index (χ0v) is 18.2. The number of benzene rings is 2. The first-order valence-electron chi connectivity index (χ1n) is 10.1. The number of amides is 2. The Kier molecular flexibility index (Phi) is 7.46. The molecule has 166 valence electrons. The highest BCUT2D eigenvalue weighted by molar-refractivity contribution is 6.30. The highest BCUT2D eigenvalue weighted by Gasteiger charge is 2.18. The predicted octanol–water partition coefficient (Wildman–Crippen LogP) is 4.26. The lowest BCUT2D eigenvalue weighted by atomic mass is 10.0. The number of rotatable bonds is 8. The van der Waals surface area contributed by atoms with Crippen molar-refractivity contribution in [1.29, 1.82) is 0 Å². The third-order valence-electron chi connectivity index (χ3n) is 5.25. The Labute approximate surface area is 184 Å². The van der Waals surface area contributed by atoms with Crippen molar-refractivity contribution >= 4 is 40.5 Å². The van der Waals surface area contributed by atoms with Crippen LogP contribution in [0, 0.1) is 11.6 Å². The van der Waals surface area contributed by atoms with Crippen LogP contribution in [0.15, 0.2) is 30.3 Å². The third-order valence-corrected chi connectivity index (χ3v) is 5.61. The SMILES string of the molecule is CCN(CC(=O)Nc1ccc2c(c1)CCC(=O)N2)C(C)CNc1cc(F)c(Cl)c(F)c1. The molecule has 1 aliphatic heterocycles. The summed E-state index contributed by atoms with van der Waals surface area (Å²) in [5.74, 6) is -1.83. The van der Waals surface area contributed by atoms with Crippen molar-refractivity contribution in [2.45, 2.75) is 32.7 Å². The van der Waals surface area contributed by atoms with Crippen LogP contribution in [0.2, 0.25) is 5.02 Å². The Morgan fingerprint density at radius 3 is 2.58 bits per heavy atom. The molecule has 0 radical (unpaired) electrons. The molecule has 9 heteroatoms. The van der Waals surface area contributed by atoms with Gasteiger partial charge in [-0.25, -0.2) is 8.78 Å². The zero-order chi connectivity index (χ0) is 22.5. The molecular weight excluding hydrogens is 426 g/mol. The molecule has 2 aromatic rings. The van der Waals surface area contributed by atoms with Gasteiger partial charge in [-0.1, -0.05) is 18.5 Å². The molecule has 1 atom stereocenters. The number of fused-ring (bicyclic) bond motifs is 1. The number of hydrogen-bond acceptors (Lipinski definition) is 4. The molecule has 1 heterocycles. The van der Waals surface area contributed by atoms with Gasteiger partial charge in [-0.05, 0) is 55.8 Å². The van der Waals surface area contributed by atoms with Gasteiger partial charge in [-0.3, -0.25) is 14.5 Å². The van der Waals surface area contributed by atoms with Gasteiger partial charge in [0.1, 0.15) is 16.7 Å². The predicted molar refractivity (Wildman–Crippen MR) is 119 cm³/mol. The van der Waals surface area contributed by atoms with Crippen LogP contribution in [0.1, 0.15) is 25.8 Å². The molecule has 0 saturated carbocycles. The average Bonchev–Trinajstić information content (AvgIpc) is 2.74. The number of halogens is 3. The summed E-state index contributed by atoms with van der Waals surface area (Å²) >= 11 is 5.51. The van der Waals surface area contributed by atoms with Crippen LogP contribution in [0.25, 0.3) is 0 Å². The van der Waals surface area contributed by atoms with E-state index in [1.807, 2.05) is 24.8 Å². The molecule has 2 aromatic carbocycles. The summed E-state index contributed by atoms with van der Waals surface area (Å²) in [6.45, 7) is 5.04. The average molecular weight is 451 g/mol. The fraction of sp³-hybridized carbons (Fsp3) is 0.364. The topological polar surface area (TPSA) is 73.5 Å². The second-order valence-corrected chi connectivity index (χ2v) is 7.89. The standard InChI is InChI=1S/C22H25ClF2N4O2/c1-3-29(13(2)11-26-16-9-17(24)22(23)18(25)10-16)12-21(31)27-15-5-6-19-14(8-15)4-7-20(30)28-19/h5-6,8-10,13,26H,3-4,7,11-12H2,1-2H3,(H,27,31)(H,28,30). The van der Waals surface area contributed by atoms with Gasteiger partial charge >= 0.3 is 0 Å². The molecule has 31 heavy (non-hydrogen) atoms. The van der Waals surface area contributed by atoms with Crippen LogP contribution in [-0.2, 0) is 16.0 Å². The summed E-state index contributed by atoms with van der Waals surface area (Å²) < 4.78 is 27.2. The van der Waals surface area contributed by atoms with E-state index in [-0.39, 0.29) is 30.1 Å². The van der Waals surface area contributed by atoms with E-state index >= 15 is 0 Å². The van der Waals surface area contributed by atoms with E-state index in [1.165, 1.54) is 0 Å². The number of nitrogens with zero attached hydrogens (tertiary/aromatic N) is 1. The van der Waals surface area contributed by atoms with Crippen LogP contribution in [-0.4, -0.2) is 42.4 Å². The van der Waals surface area contributed by atoms with Gasteiger partial charge in [-0.2, -0.15) is 0 Å². The normalized spacial score (nSPS) is 14.1. The van der Waals surface area contributed by atoms with E-state index in [2.05, 4.69) is 16.0 Å². The Morgan fingerprint density at radius 2 is 1.90 bits per heavy atom. The molecule has 0 bridgehead atoms. The van der Waals surface area contributed by atoms with Crippen LogP contribution in [0.5, 0.6) is 0 Å². The van der Waals surface area contributed by atoms with Gasteiger partial charge < -0.3 is 16.0 Å². The molecule has 1 unspecified atom stereocenters. The minimum Gasteiger partial charge on any atom is -0.383 e. The second kappa shape index (κ2) is 10.1. The number of hydrogen-bond donors (Lipinski definition) is 3. The molecule has 0 aromatic heterocycles. The summed E-state index contributed by atoms with van der Waals surface area (Å²) in [7, 11) is 0. The second-order valence-electron chi connectivity index (χ2n) is 7.52. The molecule has 6 nitrogen and oxygen atoms in total. The largest absolute Gasteiger partial charge is 0.383 e. The van der Waals surface area contributed by atoms with Crippen molar-refractivity contribution < 1.29 is 18.4 Å². The van der Waals surface area contributed by atoms with Crippen molar-refractivity contribution in [3.63, 3.8) is 0 Å². The lowest BCUT2D eigenvalue weighted by molar-refractivity contribution is -0.118. The van der Waals surface area contributed by atoms with Crippen molar-refractivity contribution in [3.05, 3.63) is 52.6 Å². The maximum atomic E-state index is 13.6. The molecule has 1 aliphatic rings. The van der Waals surface area contributed by atoms with E-state index in [0.717, 1.165) is 23.4 Å². The Balaban J connectivity index is 1.55. The van der Waals surface area contributed by atoms with Gasteiger partial charge in [0.05, 0.1) is 6.54 Å². The van der Waals surface area contributed by atoms with Crippen molar-refractivity contribution in [3.8, 4) is 0 Å². The van der Waals surface area contributed by atoms with E-state index in [0.29, 0.717) is 31.6 Å². The van der Waals surface area contributed by atoms with Crippen LogP contribution < -0.4 is 16.0 Å². The fourth-order valence-electron chi connectivity index (χ4n) is 3.48. The van der Waals surface area contributed by atoms with Gasteiger partial charge in [0.25, 0.3) is 0 Å². The first kappa shape index (κ1) is 23.0. The number of aryl methyl sites for hydroxylation is 1. The lowest BCUT2D eigenvalue weighted by Crippen LogP contribution is -2.42. The van der Waals surface area contributed by atoms with Gasteiger partial charge in [-0.15, -0.1) is 0 Å². The monoisotopic (exact) mass is 450 g/mol. The molecule has 0 fully saturated rings. The van der Waals surface area contributed by atoms with E-state index in [9.17, 15) is 18.4 Å². The van der Waals surface area contributed by atoms with Crippen LogP contribution in [0.3, 0.4) is 0 Å². The Morgan fingerprint density at radius 1 is 1.19 bits per heavy atom. The molecular formula is C22H25ClF2N4O2. The molecule has 3 N–H and O–H groups in total. The van der Waals surface area contributed by atoms with Gasteiger partial charge in [0, 0.05) is 36.1 Å². The first-order chi connectivity index (χ1) is 14.8. The Hall–Kier alpha value is -2.71. The molecule has 0 saturated heterocycles. The molecule has 0 aliphatic carbocycles. The lowest BCUT2D eigenvalue weighted by Gasteiger charge is -2.28. The summed E-state index contributed by atoms with van der Waals surface area (Å²) in [6.07, 6.45) is 1.07. The van der Waals surface area contributed by atoms with E-state index in [4.69, 9.17) is 11.6 Å². The minimum absolute atomic E-state index is 0.00505. The fourth-order valence-corrected chi connectivity index (χ4v) is 3.59. The van der Waals surface area contributed by atoms with E-state index < -0.39 is 16.7 Å².